The van der Waals surface area contributed by atoms with E-state index in [1.807, 2.05) is 18.2 Å². The highest BCUT2D eigenvalue weighted by Crippen LogP contribution is 2.32. The molecule has 0 spiro atoms. The smallest absolute Gasteiger partial charge is 0.229 e. The molecule has 84 valence electrons. The van der Waals surface area contributed by atoms with Crippen LogP contribution in [0.2, 0.25) is 0 Å². The Labute approximate surface area is 94.0 Å². The Hall–Kier alpha value is -1.55. The third-order valence-corrected chi connectivity index (χ3v) is 3.05. The molecule has 16 heavy (non-hydrogen) atoms. The molecule has 0 aromatic heterocycles. The highest BCUT2D eigenvalue weighted by Gasteiger charge is 2.23. The molecule has 1 amide bonds. The Morgan fingerprint density at radius 2 is 2.31 bits per heavy atom. The maximum Gasteiger partial charge on any atom is 0.229 e. The molecule has 2 aliphatic rings. The van der Waals surface area contributed by atoms with Gasteiger partial charge in [0, 0.05) is 17.8 Å². The van der Waals surface area contributed by atoms with Crippen LogP contribution in [-0.4, -0.2) is 25.1 Å². The van der Waals surface area contributed by atoms with Crippen LogP contribution in [0.15, 0.2) is 18.2 Å². The van der Waals surface area contributed by atoms with Crippen molar-refractivity contribution in [2.24, 2.45) is 0 Å². The summed E-state index contributed by atoms with van der Waals surface area (Å²) in [6.45, 7) is 1.90. The van der Waals surface area contributed by atoms with Crippen molar-refractivity contribution < 1.29 is 9.53 Å². The van der Waals surface area contributed by atoms with E-state index in [9.17, 15) is 4.79 Å². The molecule has 0 aliphatic carbocycles. The summed E-state index contributed by atoms with van der Waals surface area (Å²) in [6, 6.07) is 5.78. The van der Waals surface area contributed by atoms with Crippen LogP contribution in [-0.2, 0) is 11.2 Å². The summed E-state index contributed by atoms with van der Waals surface area (Å²) >= 11 is 0. The number of benzene rings is 1. The van der Waals surface area contributed by atoms with Crippen molar-refractivity contribution >= 4 is 11.6 Å². The molecule has 1 aromatic rings. The average Bonchev–Trinajstić information content (AvgIpc) is 2.86. The monoisotopic (exact) mass is 218 g/mol. The lowest BCUT2D eigenvalue weighted by Crippen LogP contribution is -2.20. The minimum Gasteiger partial charge on any atom is -0.489 e. The molecule has 1 saturated heterocycles. The summed E-state index contributed by atoms with van der Waals surface area (Å²) in [5, 5.41) is 6.09. The van der Waals surface area contributed by atoms with Gasteiger partial charge in [-0.2, -0.15) is 0 Å². The number of fused-ring (bicyclic) bond motifs is 1. The van der Waals surface area contributed by atoms with Crippen molar-refractivity contribution in [1.82, 2.24) is 5.32 Å². The molecule has 1 unspecified atom stereocenters. The molecule has 1 aromatic carbocycles. The maximum atomic E-state index is 11.3. The molecule has 0 radical (unpaired) electrons. The second-order valence-corrected chi connectivity index (χ2v) is 4.24. The van der Waals surface area contributed by atoms with E-state index in [2.05, 4.69) is 10.6 Å². The molecule has 0 saturated carbocycles. The molecular weight excluding hydrogens is 204 g/mol. The van der Waals surface area contributed by atoms with Crippen LogP contribution in [0.1, 0.15) is 12.0 Å². The minimum atomic E-state index is 0.0515. The van der Waals surface area contributed by atoms with Crippen LogP contribution in [0.3, 0.4) is 0 Å². The van der Waals surface area contributed by atoms with Crippen molar-refractivity contribution in [1.29, 1.82) is 0 Å². The summed E-state index contributed by atoms with van der Waals surface area (Å²) in [4.78, 5) is 11.3. The summed E-state index contributed by atoms with van der Waals surface area (Å²) < 4.78 is 5.91. The van der Waals surface area contributed by atoms with Crippen molar-refractivity contribution in [2.45, 2.75) is 18.9 Å². The van der Waals surface area contributed by atoms with Crippen LogP contribution in [0.4, 0.5) is 5.69 Å². The fourth-order valence-corrected chi connectivity index (χ4v) is 2.24. The zero-order valence-electron chi connectivity index (χ0n) is 8.95. The zero-order chi connectivity index (χ0) is 11.0. The molecule has 1 atom stereocenters. The first-order valence-corrected chi connectivity index (χ1v) is 5.62. The van der Waals surface area contributed by atoms with E-state index in [-0.39, 0.29) is 12.0 Å². The molecule has 2 N–H and O–H groups in total. The van der Waals surface area contributed by atoms with Crippen LogP contribution < -0.4 is 15.4 Å². The quantitative estimate of drug-likeness (QED) is 0.776. The van der Waals surface area contributed by atoms with Gasteiger partial charge in [-0.05, 0) is 25.1 Å². The van der Waals surface area contributed by atoms with Gasteiger partial charge in [-0.25, -0.2) is 0 Å². The maximum absolute atomic E-state index is 11.3. The number of carbonyl (C=O) groups excluding carboxylic acids is 1. The lowest BCUT2D eigenvalue weighted by molar-refractivity contribution is -0.115. The molecular formula is C12H14N2O2. The minimum absolute atomic E-state index is 0.0515. The Balaban J connectivity index is 1.85. The van der Waals surface area contributed by atoms with Gasteiger partial charge in [-0.1, -0.05) is 6.07 Å². The van der Waals surface area contributed by atoms with Crippen LogP contribution in [0.25, 0.3) is 0 Å². The van der Waals surface area contributed by atoms with E-state index >= 15 is 0 Å². The summed E-state index contributed by atoms with van der Waals surface area (Å²) in [6.07, 6.45) is 1.71. The van der Waals surface area contributed by atoms with Gasteiger partial charge in [0.2, 0.25) is 5.91 Å². The van der Waals surface area contributed by atoms with Crippen LogP contribution in [0.5, 0.6) is 5.75 Å². The first-order chi connectivity index (χ1) is 7.83. The zero-order valence-corrected chi connectivity index (χ0v) is 8.95. The van der Waals surface area contributed by atoms with Crippen molar-refractivity contribution in [2.75, 3.05) is 18.4 Å². The van der Waals surface area contributed by atoms with Gasteiger partial charge in [-0.3, -0.25) is 4.79 Å². The summed E-state index contributed by atoms with van der Waals surface area (Å²) in [5.41, 5.74) is 1.90. The van der Waals surface area contributed by atoms with E-state index in [1.165, 1.54) is 0 Å². The molecule has 0 bridgehead atoms. The number of rotatable bonds is 2. The van der Waals surface area contributed by atoms with Crippen molar-refractivity contribution in [3.63, 3.8) is 0 Å². The third kappa shape index (κ3) is 1.65. The standard InChI is InChI=1S/C12H14N2O2/c15-12-6-9-10(14-12)2-1-3-11(9)16-8-4-5-13-7-8/h1-3,8,13H,4-7H2,(H,14,15). The number of hydrogen-bond donors (Lipinski definition) is 2. The van der Waals surface area contributed by atoms with Gasteiger partial charge in [0.05, 0.1) is 6.42 Å². The summed E-state index contributed by atoms with van der Waals surface area (Å²) in [5.74, 6) is 0.903. The fraction of sp³-hybridized carbons (Fsp3) is 0.417. The number of hydrogen-bond acceptors (Lipinski definition) is 3. The lowest BCUT2D eigenvalue weighted by atomic mass is 10.1. The number of anilines is 1. The third-order valence-electron chi connectivity index (χ3n) is 3.05. The predicted molar refractivity (Wildman–Crippen MR) is 60.7 cm³/mol. The summed E-state index contributed by atoms with van der Waals surface area (Å²) in [7, 11) is 0. The molecule has 4 heteroatoms. The first-order valence-electron chi connectivity index (χ1n) is 5.62. The van der Waals surface area contributed by atoms with E-state index in [0.29, 0.717) is 6.42 Å². The topological polar surface area (TPSA) is 50.4 Å². The fourth-order valence-electron chi connectivity index (χ4n) is 2.24. The van der Waals surface area contributed by atoms with Crippen molar-refractivity contribution in [3.05, 3.63) is 23.8 Å². The average molecular weight is 218 g/mol. The highest BCUT2D eigenvalue weighted by molar-refractivity contribution is 6.00. The number of nitrogens with one attached hydrogen (secondary N) is 2. The van der Waals surface area contributed by atoms with Gasteiger partial charge in [0.15, 0.2) is 0 Å². The molecule has 4 nitrogen and oxygen atoms in total. The van der Waals surface area contributed by atoms with Gasteiger partial charge >= 0.3 is 0 Å². The van der Waals surface area contributed by atoms with Crippen molar-refractivity contribution in [3.8, 4) is 5.75 Å². The Morgan fingerprint density at radius 3 is 3.12 bits per heavy atom. The normalized spacial score (nSPS) is 23.0. The van der Waals surface area contributed by atoms with Gasteiger partial charge < -0.3 is 15.4 Å². The first kappa shape index (κ1) is 9.66. The highest BCUT2D eigenvalue weighted by atomic mass is 16.5. The second kappa shape index (κ2) is 3.79. The van der Waals surface area contributed by atoms with Gasteiger partial charge in [-0.15, -0.1) is 0 Å². The Kier molecular flexibility index (Phi) is 2.29. The molecule has 2 heterocycles. The SMILES string of the molecule is O=C1Cc2c(cccc2OC2CCNC2)N1. The Bertz CT molecular complexity index is 425. The van der Waals surface area contributed by atoms with E-state index in [1.54, 1.807) is 0 Å². The van der Waals surface area contributed by atoms with Gasteiger partial charge in [0.25, 0.3) is 0 Å². The van der Waals surface area contributed by atoms with E-state index < -0.39 is 0 Å². The lowest BCUT2D eigenvalue weighted by Gasteiger charge is -2.14. The number of ether oxygens (including phenoxy) is 1. The number of carbonyl (C=O) groups is 1. The van der Waals surface area contributed by atoms with E-state index in [4.69, 9.17) is 4.74 Å². The Morgan fingerprint density at radius 1 is 1.38 bits per heavy atom. The molecule has 3 rings (SSSR count). The molecule has 2 aliphatic heterocycles. The molecule has 1 fully saturated rings. The largest absolute Gasteiger partial charge is 0.489 e. The second-order valence-electron chi connectivity index (χ2n) is 4.24. The van der Waals surface area contributed by atoms with Crippen LogP contribution >= 0.6 is 0 Å². The van der Waals surface area contributed by atoms with Crippen LogP contribution in [0, 0.1) is 0 Å². The van der Waals surface area contributed by atoms with Gasteiger partial charge in [0.1, 0.15) is 11.9 Å². The number of amides is 1. The van der Waals surface area contributed by atoms with E-state index in [0.717, 1.165) is 36.5 Å². The predicted octanol–water partition coefficient (Wildman–Crippen LogP) is 0.922.